The van der Waals surface area contributed by atoms with Crippen molar-refractivity contribution in [3.8, 4) is 12.1 Å². The molecule has 0 aliphatic carbocycles. The fourth-order valence-electron chi connectivity index (χ4n) is 6.91. The van der Waals surface area contributed by atoms with Crippen LogP contribution < -0.4 is 14.5 Å². The van der Waals surface area contributed by atoms with E-state index < -0.39 is 0 Å². The minimum atomic E-state index is -0.301. The second kappa shape index (κ2) is 14.2. The van der Waals surface area contributed by atoms with E-state index in [2.05, 4.69) is 58.7 Å². The van der Waals surface area contributed by atoms with Crippen molar-refractivity contribution in [1.29, 1.82) is 5.26 Å². The number of nitrogens with zero attached hydrogens (tertiary/aromatic N) is 7. The van der Waals surface area contributed by atoms with E-state index in [0.29, 0.717) is 57.0 Å². The van der Waals surface area contributed by atoms with Gasteiger partial charge in [-0.2, -0.15) is 15.2 Å². The van der Waals surface area contributed by atoms with Crippen LogP contribution in [0.2, 0.25) is 5.02 Å². The Hall–Kier alpha value is -3.91. The van der Waals surface area contributed by atoms with Gasteiger partial charge in [0.05, 0.1) is 42.4 Å². The molecular formula is C35H42ClN7O3. The number of nitriles is 1. The van der Waals surface area contributed by atoms with E-state index in [1.54, 1.807) is 4.90 Å². The number of rotatable bonds is 10. The Morgan fingerprint density at radius 3 is 2.70 bits per heavy atom. The maximum absolute atomic E-state index is 13.3. The number of likely N-dealkylation sites (N-methyl/N-ethyl adjacent to an activating group) is 1. The number of likely N-dealkylation sites (tertiary alicyclic amines) is 1. The zero-order valence-electron chi connectivity index (χ0n) is 26.8. The zero-order valence-corrected chi connectivity index (χ0v) is 27.5. The van der Waals surface area contributed by atoms with Crippen LogP contribution in [0.15, 0.2) is 48.6 Å². The van der Waals surface area contributed by atoms with Crippen LogP contribution in [0.4, 0.5) is 11.5 Å². The van der Waals surface area contributed by atoms with Crippen LogP contribution in [0.25, 0.3) is 10.8 Å². The average Bonchev–Trinajstić information content (AvgIpc) is 3.49. The lowest BCUT2D eigenvalue weighted by Gasteiger charge is -2.42. The van der Waals surface area contributed by atoms with Crippen LogP contribution in [0.5, 0.6) is 6.01 Å². The van der Waals surface area contributed by atoms with E-state index in [4.69, 9.17) is 31.0 Å². The van der Waals surface area contributed by atoms with Crippen LogP contribution in [-0.2, 0) is 22.5 Å². The summed E-state index contributed by atoms with van der Waals surface area (Å²) in [6.45, 7) is 11.0. The van der Waals surface area contributed by atoms with Crippen molar-refractivity contribution in [3.05, 3.63) is 64.8 Å². The number of amides is 1. The number of anilines is 2. The summed E-state index contributed by atoms with van der Waals surface area (Å²) in [5.41, 5.74) is 3.50. The summed E-state index contributed by atoms with van der Waals surface area (Å²) >= 11 is 6.72. The molecule has 0 spiro atoms. The zero-order chi connectivity index (χ0) is 32.2. The van der Waals surface area contributed by atoms with Crippen molar-refractivity contribution in [1.82, 2.24) is 19.8 Å². The largest absolute Gasteiger partial charge is 0.462 e. The molecule has 2 atom stereocenters. The molecule has 2 unspecified atom stereocenters. The molecule has 0 saturated carbocycles. The van der Waals surface area contributed by atoms with Crippen molar-refractivity contribution in [2.45, 2.75) is 51.2 Å². The standard InChI is InChI=1S/C35H42ClN7O3/c1-4-45-22-24(2)34(44)43-19-18-42(20-26(43)13-15-37)33-28-14-17-41(31-12-6-9-25-8-5-11-29(36)32(25)31)21-30(28)38-35(39-33)46-23-27-10-7-16-40(27)3/h5-6,8-9,11-12,26-27H,2,4,7,10,13-14,16-23H2,1,3H3. The number of halogens is 1. The third-order valence-electron chi connectivity index (χ3n) is 9.42. The summed E-state index contributed by atoms with van der Waals surface area (Å²) < 4.78 is 11.8. The summed E-state index contributed by atoms with van der Waals surface area (Å²) in [4.78, 5) is 31.9. The predicted molar refractivity (Wildman–Crippen MR) is 180 cm³/mol. The number of aromatic nitrogens is 2. The van der Waals surface area contributed by atoms with Crippen molar-refractivity contribution in [3.63, 3.8) is 0 Å². The van der Waals surface area contributed by atoms with Crippen molar-refractivity contribution >= 4 is 39.8 Å². The highest BCUT2D eigenvalue weighted by Gasteiger charge is 2.35. The number of ether oxygens (including phenoxy) is 2. The van der Waals surface area contributed by atoms with Gasteiger partial charge in [-0.1, -0.05) is 42.4 Å². The van der Waals surface area contributed by atoms with E-state index in [9.17, 15) is 10.1 Å². The molecule has 242 valence electrons. The number of benzene rings is 2. The Balaban J connectivity index is 1.30. The molecule has 2 saturated heterocycles. The fourth-order valence-corrected chi connectivity index (χ4v) is 7.18. The summed E-state index contributed by atoms with van der Waals surface area (Å²) in [6, 6.07) is 15.0. The maximum atomic E-state index is 13.3. The van der Waals surface area contributed by atoms with Gasteiger partial charge in [-0.05, 0) is 57.3 Å². The van der Waals surface area contributed by atoms with Gasteiger partial charge in [-0.15, -0.1) is 0 Å². The number of piperazine rings is 1. The first-order valence-electron chi connectivity index (χ1n) is 16.2. The van der Waals surface area contributed by atoms with Gasteiger partial charge in [0.15, 0.2) is 0 Å². The number of fused-ring (bicyclic) bond motifs is 2. The highest BCUT2D eigenvalue weighted by Crippen LogP contribution is 2.37. The van der Waals surface area contributed by atoms with Crippen LogP contribution in [-0.4, -0.2) is 97.4 Å². The first-order chi connectivity index (χ1) is 22.4. The second-order valence-electron chi connectivity index (χ2n) is 12.3. The number of carbonyl (C=O) groups excluding carboxylic acids is 1. The predicted octanol–water partition coefficient (Wildman–Crippen LogP) is 4.84. The van der Waals surface area contributed by atoms with Gasteiger partial charge in [0.1, 0.15) is 12.4 Å². The molecule has 0 bridgehead atoms. The summed E-state index contributed by atoms with van der Waals surface area (Å²) in [7, 11) is 2.13. The lowest BCUT2D eigenvalue weighted by Crippen LogP contribution is -2.56. The van der Waals surface area contributed by atoms with Gasteiger partial charge in [-0.3, -0.25) is 4.79 Å². The Kier molecular flexibility index (Phi) is 9.92. The first-order valence-corrected chi connectivity index (χ1v) is 16.6. The van der Waals surface area contributed by atoms with Crippen LogP contribution in [0.1, 0.15) is 37.4 Å². The summed E-state index contributed by atoms with van der Waals surface area (Å²) in [5.74, 6) is 0.672. The highest BCUT2D eigenvalue weighted by atomic mass is 35.5. The van der Waals surface area contributed by atoms with E-state index >= 15 is 0 Å². The molecule has 46 heavy (non-hydrogen) atoms. The quantitative estimate of drug-likeness (QED) is 0.287. The number of carbonyl (C=O) groups is 1. The van der Waals surface area contributed by atoms with Crippen molar-refractivity contribution in [2.24, 2.45) is 0 Å². The molecule has 6 rings (SSSR count). The van der Waals surface area contributed by atoms with E-state index in [1.807, 2.05) is 19.1 Å². The molecule has 0 N–H and O–H groups in total. The Morgan fingerprint density at radius 1 is 1.11 bits per heavy atom. The monoisotopic (exact) mass is 643 g/mol. The SMILES string of the molecule is C=C(COCC)C(=O)N1CCN(c2nc(OCC3CCCN3C)nc3c2CCN(c2cccc4cccc(Cl)c24)C3)CC1CC#N. The Bertz CT molecular complexity index is 1640. The molecule has 2 aromatic carbocycles. The Labute approximate surface area is 276 Å². The van der Waals surface area contributed by atoms with Crippen LogP contribution >= 0.6 is 11.6 Å². The van der Waals surface area contributed by atoms with E-state index in [1.165, 1.54) is 0 Å². The molecule has 11 heteroatoms. The molecule has 4 heterocycles. The minimum absolute atomic E-state index is 0.160. The van der Waals surface area contributed by atoms with Gasteiger partial charge in [0.25, 0.3) is 5.91 Å². The molecule has 3 aromatic rings. The van der Waals surface area contributed by atoms with Crippen LogP contribution in [0, 0.1) is 11.3 Å². The lowest BCUT2D eigenvalue weighted by atomic mass is 10.0. The smallest absolute Gasteiger partial charge is 0.318 e. The number of hydrogen-bond acceptors (Lipinski definition) is 9. The Morgan fingerprint density at radius 2 is 1.93 bits per heavy atom. The molecule has 1 amide bonds. The summed E-state index contributed by atoms with van der Waals surface area (Å²) in [6.07, 6.45) is 3.20. The second-order valence-corrected chi connectivity index (χ2v) is 12.7. The van der Waals surface area contributed by atoms with Crippen molar-refractivity contribution in [2.75, 3.05) is 69.4 Å². The third kappa shape index (κ3) is 6.63. The van der Waals surface area contributed by atoms with E-state index in [0.717, 1.165) is 70.9 Å². The van der Waals surface area contributed by atoms with Crippen LogP contribution in [0.3, 0.4) is 0 Å². The third-order valence-corrected chi connectivity index (χ3v) is 9.74. The van der Waals surface area contributed by atoms with Gasteiger partial charge >= 0.3 is 6.01 Å². The normalized spacial score (nSPS) is 20.1. The molecule has 3 aliphatic heterocycles. The fraction of sp³-hybridized carbons (Fsp3) is 0.486. The topological polar surface area (TPSA) is 98.1 Å². The molecular weight excluding hydrogens is 602 g/mol. The molecule has 1 aromatic heterocycles. The maximum Gasteiger partial charge on any atom is 0.318 e. The number of hydrogen-bond donors (Lipinski definition) is 0. The summed E-state index contributed by atoms with van der Waals surface area (Å²) in [5, 5.41) is 12.6. The van der Waals surface area contributed by atoms with Gasteiger partial charge < -0.3 is 29.1 Å². The molecule has 2 fully saturated rings. The average molecular weight is 644 g/mol. The van der Waals surface area contributed by atoms with Gasteiger partial charge in [-0.25, -0.2) is 0 Å². The molecule has 3 aliphatic rings. The van der Waals surface area contributed by atoms with Crippen molar-refractivity contribution < 1.29 is 14.3 Å². The molecule has 10 nitrogen and oxygen atoms in total. The first kappa shape index (κ1) is 32.0. The van der Waals surface area contributed by atoms with Gasteiger partial charge in [0, 0.05) is 61.0 Å². The molecule has 0 radical (unpaired) electrons. The van der Waals surface area contributed by atoms with E-state index in [-0.39, 0.29) is 25.0 Å². The lowest BCUT2D eigenvalue weighted by molar-refractivity contribution is -0.130. The highest BCUT2D eigenvalue weighted by molar-refractivity contribution is 6.36. The van der Waals surface area contributed by atoms with Gasteiger partial charge in [0.2, 0.25) is 0 Å². The minimum Gasteiger partial charge on any atom is -0.462 e.